The molecule has 5 heteroatoms. The molecule has 1 atom stereocenters. The lowest BCUT2D eigenvalue weighted by molar-refractivity contribution is -0.137. The second kappa shape index (κ2) is 4.45. The number of carboxylic acids is 2. The van der Waals surface area contributed by atoms with Crippen molar-refractivity contribution in [3.05, 3.63) is 29.8 Å². The Balaban J connectivity index is 2.72. The summed E-state index contributed by atoms with van der Waals surface area (Å²) in [5.74, 6) is -1.97. The van der Waals surface area contributed by atoms with E-state index in [0.717, 1.165) is 0 Å². The van der Waals surface area contributed by atoms with Gasteiger partial charge in [0, 0.05) is 5.69 Å². The van der Waals surface area contributed by atoms with Gasteiger partial charge < -0.3 is 15.5 Å². The van der Waals surface area contributed by atoms with E-state index in [0.29, 0.717) is 5.69 Å². The van der Waals surface area contributed by atoms with Gasteiger partial charge >= 0.3 is 11.9 Å². The molecule has 0 aliphatic rings. The van der Waals surface area contributed by atoms with Crippen LogP contribution in [0.1, 0.15) is 17.3 Å². The van der Waals surface area contributed by atoms with Crippen LogP contribution in [0.3, 0.4) is 0 Å². The first kappa shape index (κ1) is 11.0. The van der Waals surface area contributed by atoms with E-state index >= 15 is 0 Å². The molecule has 1 aromatic rings. The zero-order chi connectivity index (χ0) is 11.4. The summed E-state index contributed by atoms with van der Waals surface area (Å²) in [6.07, 6.45) is 0. The molecule has 0 saturated carbocycles. The first-order valence-electron chi connectivity index (χ1n) is 4.33. The van der Waals surface area contributed by atoms with Gasteiger partial charge in [-0.25, -0.2) is 4.79 Å². The summed E-state index contributed by atoms with van der Waals surface area (Å²) >= 11 is 0. The van der Waals surface area contributed by atoms with Crippen molar-refractivity contribution in [3.63, 3.8) is 0 Å². The van der Waals surface area contributed by atoms with Gasteiger partial charge in [0.25, 0.3) is 0 Å². The highest BCUT2D eigenvalue weighted by molar-refractivity contribution is 5.88. The summed E-state index contributed by atoms with van der Waals surface area (Å²) in [7, 11) is 0. The third-order valence-corrected chi connectivity index (χ3v) is 1.89. The molecular weight excluding hydrogens is 198 g/mol. The highest BCUT2D eigenvalue weighted by atomic mass is 16.4. The molecule has 0 aromatic heterocycles. The fraction of sp³-hybridized carbons (Fsp3) is 0.200. The summed E-state index contributed by atoms with van der Waals surface area (Å²) in [6.45, 7) is 1.51. The van der Waals surface area contributed by atoms with Crippen LogP contribution in [-0.2, 0) is 4.79 Å². The molecule has 0 amide bonds. The van der Waals surface area contributed by atoms with E-state index in [2.05, 4.69) is 5.32 Å². The zero-order valence-electron chi connectivity index (χ0n) is 8.10. The van der Waals surface area contributed by atoms with Crippen LogP contribution < -0.4 is 5.32 Å². The van der Waals surface area contributed by atoms with E-state index < -0.39 is 18.0 Å². The van der Waals surface area contributed by atoms with Crippen LogP contribution in [0.25, 0.3) is 0 Å². The second-order valence-electron chi connectivity index (χ2n) is 3.09. The Morgan fingerprint density at radius 1 is 1.20 bits per heavy atom. The van der Waals surface area contributed by atoms with Crippen molar-refractivity contribution >= 4 is 17.6 Å². The largest absolute Gasteiger partial charge is 0.480 e. The molecular formula is C10H11NO4. The smallest absolute Gasteiger partial charge is 0.335 e. The minimum atomic E-state index is -1.01. The standard InChI is InChI=1S/C10H11NO4/c1-6(9(12)13)11-8-4-2-7(3-5-8)10(14)15/h2-6,11H,1H3,(H,12,13)(H,14,15)/t6-/m1/s1. The van der Waals surface area contributed by atoms with Crippen LogP contribution in [0.2, 0.25) is 0 Å². The fourth-order valence-corrected chi connectivity index (χ4v) is 1.02. The maximum absolute atomic E-state index is 10.5. The van der Waals surface area contributed by atoms with Gasteiger partial charge in [-0.3, -0.25) is 4.79 Å². The minimum absolute atomic E-state index is 0.170. The molecule has 0 aliphatic carbocycles. The number of carboxylic acid groups (broad SMARTS) is 2. The van der Waals surface area contributed by atoms with Crippen LogP contribution in [0.5, 0.6) is 0 Å². The molecule has 0 saturated heterocycles. The van der Waals surface area contributed by atoms with E-state index in [9.17, 15) is 9.59 Å². The SMILES string of the molecule is C[C@@H](Nc1ccc(C(=O)O)cc1)C(=O)O. The molecule has 0 heterocycles. The Morgan fingerprint density at radius 2 is 1.73 bits per heavy atom. The van der Waals surface area contributed by atoms with Crippen molar-refractivity contribution in [3.8, 4) is 0 Å². The summed E-state index contributed by atoms with van der Waals surface area (Å²) in [4.78, 5) is 21.1. The molecule has 0 fully saturated rings. The van der Waals surface area contributed by atoms with Crippen LogP contribution in [0.15, 0.2) is 24.3 Å². The van der Waals surface area contributed by atoms with E-state index in [1.807, 2.05) is 0 Å². The predicted octanol–water partition coefficient (Wildman–Crippen LogP) is 1.27. The summed E-state index contributed by atoms with van der Waals surface area (Å²) in [5.41, 5.74) is 0.749. The average Bonchev–Trinajstić information content (AvgIpc) is 2.18. The second-order valence-corrected chi connectivity index (χ2v) is 3.09. The number of hydrogen-bond donors (Lipinski definition) is 3. The highest BCUT2D eigenvalue weighted by Crippen LogP contribution is 2.10. The van der Waals surface area contributed by atoms with Gasteiger partial charge in [0.15, 0.2) is 0 Å². The number of aromatic carboxylic acids is 1. The molecule has 5 nitrogen and oxygen atoms in total. The number of aliphatic carboxylic acids is 1. The first-order valence-corrected chi connectivity index (χ1v) is 4.33. The van der Waals surface area contributed by atoms with E-state index in [1.54, 1.807) is 0 Å². The lowest BCUT2D eigenvalue weighted by Gasteiger charge is -2.10. The van der Waals surface area contributed by atoms with Crippen molar-refractivity contribution in [1.82, 2.24) is 0 Å². The van der Waals surface area contributed by atoms with Gasteiger partial charge in [-0.15, -0.1) is 0 Å². The molecule has 80 valence electrons. The maximum Gasteiger partial charge on any atom is 0.335 e. The minimum Gasteiger partial charge on any atom is -0.480 e. The quantitative estimate of drug-likeness (QED) is 0.695. The molecule has 15 heavy (non-hydrogen) atoms. The third-order valence-electron chi connectivity index (χ3n) is 1.89. The van der Waals surface area contributed by atoms with Crippen molar-refractivity contribution < 1.29 is 19.8 Å². The first-order chi connectivity index (χ1) is 7.00. The summed E-state index contributed by atoms with van der Waals surface area (Å²) in [5, 5.41) is 20.0. The molecule has 0 aliphatic heterocycles. The average molecular weight is 209 g/mol. The summed E-state index contributed by atoms with van der Waals surface area (Å²) < 4.78 is 0. The molecule has 0 bridgehead atoms. The molecule has 1 rings (SSSR count). The molecule has 0 spiro atoms. The Kier molecular flexibility index (Phi) is 3.28. The van der Waals surface area contributed by atoms with Gasteiger partial charge in [0.2, 0.25) is 0 Å². The number of benzene rings is 1. The number of rotatable bonds is 4. The number of anilines is 1. The van der Waals surface area contributed by atoms with Crippen LogP contribution in [0.4, 0.5) is 5.69 Å². The number of nitrogens with one attached hydrogen (secondary N) is 1. The normalized spacial score (nSPS) is 11.8. The third kappa shape index (κ3) is 2.98. The Hall–Kier alpha value is -2.04. The monoisotopic (exact) mass is 209 g/mol. The van der Waals surface area contributed by atoms with Gasteiger partial charge in [-0.05, 0) is 31.2 Å². The van der Waals surface area contributed by atoms with Gasteiger partial charge in [-0.2, -0.15) is 0 Å². The maximum atomic E-state index is 10.5. The fourth-order valence-electron chi connectivity index (χ4n) is 1.02. The Labute approximate surface area is 86.4 Å². The summed E-state index contributed by atoms with van der Waals surface area (Å²) in [6, 6.07) is 5.19. The van der Waals surface area contributed by atoms with E-state index in [1.165, 1.54) is 31.2 Å². The van der Waals surface area contributed by atoms with E-state index in [-0.39, 0.29) is 5.56 Å². The van der Waals surface area contributed by atoms with Crippen LogP contribution in [0, 0.1) is 0 Å². The van der Waals surface area contributed by atoms with Gasteiger partial charge in [0.1, 0.15) is 6.04 Å². The molecule has 3 N–H and O–H groups in total. The Morgan fingerprint density at radius 3 is 2.13 bits per heavy atom. The number of hydrogen-bond acceptors (Lipinski definition) is 3. The topological polar surface area (TPSA) is 86.6 Å². The van der Waals surface area contributed by atoms with Crippen molar-refractivity contribution in [1.29, 1.82) is 0 Å². The number of carbonyl (C=O) groups is 2. The van der Waals surface area contributed by atoms with Crippen molar-refractivity contribution in [2.45, 2.75) is 13.0 Å². The van der Waals surface area contributed by atoms with Gasteiger partial charge in [-0.1, -0.05) is 0 Å². The zero-order valence-corrected chi connectivity index (χ0v) is 8.10. The lowest BCUT2D eigenvalue weighted by atomic mass is 10.2. The molecule has 0 radical (unpaired) electrons. The van der Waals surface area contributed by atoms with Crippen LogP contribution >= 0.6 is 0 Å². The van der Waals surface area contributed by atoms with Crippen molar-refractivity contribution in [2.75, 3.05) is 5.32 Å². The molecule has 0 unspecified atom stereocenters. The highest BCUT2D eigenvalue weighted by Gasteiger charge is 2.10. The predicted molar refractivity (Wildman–Crippen MR) is 54.1 cm³/mol. The van der Waals surface area contributed by atoms with Crippen LogP contribution in [-0.4, -0.2) is 28.2 Å². The Bertz CT molecular complexity index is 372. The lowest BCUT2D eigenvalue weighted by Crippen LogP contribution is -2.25. The van der Waals surface area contributed by atoms with Crippen molar-refractivity contribution in [2.24, 2.45) is 0 Å². The van der Waals surface area contributed by atoms with E-state index in [4.69, 9.17) is 10.2 Å². The molecule has 1 aromatic carbocycles. The van der Waals surface area contributed by atoms with Gasteiger partial charge in [0.05, 0.1) is 5.56 Å².